The van der Waals surface area contributed by atoms with Crippen molar-refractivity contribution in [2.24, 2.45) is 0 Å². The SMILES string of the molecule is Cc1cc(C(=O)c2cccc(Cc3ccccc3)c2)c(O)c2ncccc12. The van der Waals surface area contributed by atoms with Crippen molar-refractivity contribution in [2.45, 2.75) is 13.3 Å². The molecule has 0 unspecified atom stereocenters. The maximum absolute atomic E-state index is 13.1. The van der Waals surface area contributed by atoms with Crippen LogP contribution < -0.4 is 0 Å². The van der Waals surface area contributed by atoms with E-state index in [0.717, 1.165) is 22.9 Å². The van der Waals surface area contributed by atoms with Gasteiger partial charge < -0.3 is 5.11 Å². The number of aromatic nitrogens is 1. The van der Waals surface area contributed by atoms with E-state index in [9.17, 15) is 9.90 Å². The van der Waals surface area contributed by atoms with Crippen LogP contribution in [0.15, 0.2) is 79.0 Å². The predicted octanol–water partition coefficient (Wildman–Crippen LogP) is 5.07. The summed E-state index contributed by atoms with van der Waals surface area (Å²) in [5.74, 6) is -0.257. The van der Waals surface area contributed by atoms with E-state index in [1.165, 1.54) is 5.56 Å². The van der Waals surface area contributed by atoms with Gasteiger partial charge in [0.05, 0.1) is 5.56 Å². The van der Waals surface area contributed by atoms with Gasteiger partial charge in [0, 0.05) is 17.1 Å². The van der Waals surface area contributed by atoms with Crippen LogP contribution in [0.5, 0.6) is 5.75 Å². The number of carbonyl (C=O) groups excluding carboxylic acids is 1. The van der Waals surface area contributed by atoms with Crippen LogP contribution in [0.4, 0.5) is 0 Å². The van der Waals surface area contributed by atoms with Gasteiger partial charge in [-0.15, -0.1) is 0 Å². The van der Waals surface area contributed by atoms with Gasteiger partial charge in [0.15, 0.2) is 11.5 Å². The average Bonchev–Trinajstić information content (AvgIpc) is 2.71. The molecule has 0 aliphatic rings. The molecular formula is C24H19NO2. The number of nitrogens with zero attached hydrogens (tertiary/aromatic N) is 1. The highest BCUT2D eigenvalue weighted by molar-refractivity contribution is 6.13. The molecule has 0 aliphatic heterocycles. The van der Waals surface area contributed by atoms with Crippen molar-refractivity contribution in [1.82, 2.24) is 4.98 Å². The van der Waals surface area contributed by atoms with Crippen molar-refractivity contribution in [2.75, 3.05) is 0 Å². The minimum atomic E-state index is -0.196. The summed E-state index contributed by atoms with van der Waals surface area (Å²) >= 11 is 0. The number of fused-ring (bicyclic) bond motifs is 1. The topological polar surface area (TPSA) is 50.2 Å². The zero-order valence-electron chi connectivity index (χ0n) is 15.0. The lowest BCUT2D eigenvalue weighted by molar-refractivity contribution is 0.103. The Labute approximate surface area is 157 Å². The molecule has 0 spiro atoms. The van der Waals surface area contributed by atoms with E-state index < -0.39 is 0 Å². The van der Waals surface area contributed by atoms with Crippen LogP contribution in [0.25, 0.3) is 10.9 Å². The third-order valence-corrected chi connectivity index (χ3v) is 4.76. The van der Waals surface area contributed by atoms with Gasteiger partial charge in [0.2, 0.25) is 0 Å². The molecule has 0 saturated heterocycles. The van der Waals surface area contributed by atoms with Gasteiger partial charge in [-0.3, -0.25) is 9.78 Å². The molecule has 1 aromatic heterocycles. The Kier molecular flexibility index (Phi) is 4.43. The zero-order chi connectivity index (χ0) is 18.8. The van der Waals surface area contributed by atoms with Crippen LogP contribution in [-0.2, 0) is 6.42 Å². The van der Waals surface area contributed by atoms with Crippen molar-refractivity contribution in [1.29, 1.82) is 0 Å². The Hall–Kier alpha value is -3.46. The number of ketones is 1. The number of phenolic OH excluding ortho intramolecular Hbond substituents is 1. The summed E-state index contributed by atoms with van der Waals surface area (Å²) in [6, 6.07) is 23.2. The quantitative estimate of drug-likeness (QED) is 0.521. The first-order valence-electron chi connectivity index (χ1n) is 8.88. The van der Waals surface area contributed by atoms with Crippen molar-refractivity contribution < 1.29 is 9.90 Å². The molecule has 27 heavy (non-hydrogen) atoms. The Morgan fingerprint density at radius 3 is 2.52 bits per heavy atom. The van der Waals surface area contributed by atoms with Gasteiger partial charge >= 0.3 is 0 Å². The minimum Gasteiger partial charge on any atom is -0.505 e. The molecule has 3 heteroatoms. The summed E-state index contributed by atoms with van der Waals surface area (Å²) < 4.78 is 0. The Morgan fingerprint density at radius 2 is 1.70 bits per heavy atom. The molecule has 0 bridgehead atoms. The standard InChI is InChI=1S/C24H19NO2/c1-16-13-21(24(27)22-20(16)11-6-12-25-22)23(26)19-10-5-9-18(15-19)14-17-7-3-2-4-8-17/h2-13,15,27H,14H2,1H3. The number of aromatic hydroxyl groups is 1. The Bertz CT molecular complexity index is 1130. The lowest BCUT2D eigenvalue weighted by Gasteiger charge is -2.10. The summed E-state index contributed by atoms with van der Waals surface area (Å²) in [6.07, 6.45) is 2.38. The molecule has 1 N–H and O–H groups in total. The van der Waals surface area contributed by atoms with Crippen molar-refractivity contribution in [3.05, 3.63) is 107 Å². The molecule has 0 amide bonds. The van der Waals surface area contributed by atoms with E-state index in [1.54, 1.807) is 18.3 Å². The van der Waals surface area contributed by atoms with Crippen LogP contribution in [0.1, 0.15) is 32.6 Å². The third kappa shape index (κ3) is 3.32. The monoisotopic (exact) mass is 353 g/mol. The second-order valence-electron chi connectivity index (χ2n) is 6.68. The molecule has 1 heterocycles. The van der Waals surface area contributed by atoms with Gasteiger partial charge in [-0.25, -0.2) is 0 Å². The number of phenols is 1. The van der Waals surface area contributed by atoms with Gasteiger partial charge in [-0.1, -0.05) is 54.6 Å². The molecule has 4 rings (SSSR count). The second kappa shape index (κ2) is 7.04. The van der Waals surface area contributed by atoms with Crippen LogP contribution in [-0.4, -0.2) is 15.9 Å². The molecule has 0 radical (unpaired) electrons. The van der Waals surface area contributed by atoms with Gasteiger partial charge in [-0.05, 0) is 48.2 Å². The van der Waals surface area contributed by atoms with E-state index in [-0.39, 0.29) is 17.1 Å². The van der Waals surface area contributed by atoms with E-state index in [4.69, 9.17) is 0 Å². The highest BCUT2D eigenvalue weighted by atomic mass is 16.3. The lowest BCUT2D eigenvalue weighted by Crippen LogP contribution is -2.04. The summed E-state index contributed by atoms with van der Waals surface area (Å²) in [6.45, 7) is 1.92. The molecule has 4 aromatic rings. The minimum absolute atomic E-state index is 0.0605. The number of hydrogen-bond acceptors (Lipinski definition) is 3. The van der Waals surface area contributed by atoms with E-state index in [0.29, 0.717) is 11.1 Å². The van der Waals surface area contributed by atoms with Crippen molar-refractivity contribution >= 4 is 16.7 Å². The fraction of sp³-hybridized carbons (Fsp3) is 0.0833. The van der Waals surface area contributed by atoms with E-state index in [2.05, 4.69) is 17.1 Å². The number of carbonyl (C=O) groups is 1. The van der Waals surface area contributed by atoms with Crippen molar-refractivity contribution in [3.63, 3.8) is 0 Å². The Balaban J connectivity index is 1.72. The third-order valence-electron chi connectivity index (χ3n) is 4.76. The van der Waals surface area contributed by atoms with Crippen LogP contribution in [0.3, 0.4) is 0 Å². The molecule has 0 fully saturated rings. The maximum Gasteiger partial charge on any atom is 0.196 e. The molecule has 0 saturated carbocycles. The second-order valence-corrected chi connectivity index (χ2v) is 6.68. The first-order valence-corrected chi connectivity index (χ1v) is 8.88. The summed E-state index contributed by atoms with van der Waals surface area (Å²) in [4.78, 5) is 17.3. The van der Waals surface area contributed by atoms with E-state index >= 15 is 0 Å². The van der Waals surface area contributed by atoms with Crippen LogP contribution >= 0.6 is 0 Å². The molecule has 132 valence electrons. The Morgan fingerprint density at radius 1 is 0.926 bits per heavy atom. The normalized spacial score (nSPS) is 10.9. The van der Waals surface area contributed by atoms with Crippen LogP contribution in [0, 0.1) is 6.92 Å². The largest absolute Gasteiger partial charge is 0.505 e. The van der Waals surface area contributed by atoms with E-state index in [1.807, 2.05) is 55.5 Å². The van der Waals surface area contributed by atoms with Gasteiger partial charge in [0.1, 0.15) is 5.52 Å². The highest BCUT2D eigenvalue weighted by Crippen LogP contribution is 2.31. The fourth-order valence-corrected chi connectivity index (χ4v) is 3.39. The zero-order valence-corrected chi connectivity index (χ0v) is 15.0. The smallest absolute Gasteiger partial charge is 0.196 e. The maximum atomic E-state index is 13.1. The summed E-state index contributed by atoms with van der Waals surface area (Å²) in [5, 5.41) is 11.5. The number of pyridine rings is 1. The molecule has 3 nitrogen and oxygen atoms in total. The fourth-order valence-electron chi connectivity index (χ4n) is 3.39. The number of rotatable bonds is 4. The van der Waals surface area contributed by atoms with Gasteiger partial charge in [0.25, 0.3) is 0 Å². The number of hydrogen-bond donors (Lipinski definition) is 1. The highest BCUT2D eigenvalue weighted by Gasteiger charge is 2.18. The molecule has 3 aromatic carbocycles. The van der Waals surface area contributed by atoms with Gasteiger partial charge in [-0.2, -0.15) is 0 Å². The molecule has 0 atom stereocenters. The predicted molar refractivity (Wildman–Crippen MR) is 107 cm³/mol. The first-order chi connectivity index (χ1) is 13.1. The molecular weight excluding hydrogens is 334 g/mol. The van der Waals surface area contributed by atoms with Crippen LogP contribution in [0.2, 0.25) is 0 Å². The molecule has 0 aliphatic carbocycles. The first kappa shape index (κ1) is 17.0. The lowest BCUT2D eigenvalue weighted by atomic mass is 9.95. The van der Waals surface area contributed by atoms with Crippen molar-refractivity contribution in [3.8, 4) is 5.75 Å². The number of aryl methyl sites for hydroxylation is 1. The average molecular weight is 353 g/mol. The summed E-state index contributed by atoms with van der Waals surface area (Å²) in [5.41, 5.74) is 4.47. The summed E-state index contributed by atoms with van der Waals surface area (Å²) in [7, 11) is 0. The number of benzene rings is 3.